The molecule has 1 heterocycles. The number of pyridine rings is 1. The summed E-state index contributed by atoms with van der Waals surface area (Å²) >= 11 is 5.83. The highest BCUT2D eigenvalue weighted by Gasteiger charge is 2.01. The smallest absolute Gasteiger partial charge is 0.129 e. The van der Waals surface area contributed by atoms with Gasteiger partial charge in [-0.15, -0.1) is 0 Å². The normalized spacial score (nSPS) is 10.9. The topological polar surface area (TPSA) is 24.9 Å². The number of nitrogens with one attached hydrogen (secondary N) is 1. The fourth-order valence-corrected chi connectivity index (χ4v) is 2.66. The molecule has 0 saturated carbocycles. The van der Waals surface area contributed by atoms with Crippen LogP contribution < -0.4 is 5.32 Å². The van der Waals surface area contributed by atoms with Gasteiger partial charge in [0.2, 0.25) is 0 Å². The Hall–Kier alpha value is -2.98. The minimum atomic E-state index is -0.610. The van der Waals surface area contributed by atoms with Crippen molar-refractivity contribution in [2.45, 2.75) is 6.54 Å². The highest BCUT2D eigenvalue weighted by atomic mass is 35.5. The number of halogens is 3. The number of hydrogen-bond donors (Lipinski definition) is 1. The molecule has 2 aromatic carbocycles. The Balaban J connectivity index is 1.62. The van der Waals surface area contributed by atoms with Crippen molar-refractivity contribution in [3.05, 3.63) is 107 Å². The van der Waals surface area contributed by atoms with Crippen LogP contribution >= 0.6 is 11.6 Å². The first-order chi connectivity index (χ1) is 13.0. The number of nitrogens with zero attached hydrogens (tertiary/aromatic N) is 1. The third-order valence-electron chi connectivity index (χ3n) is 3.87. The zero-order chi connectivity index (χ0) is 19.2. The summed E-state index contributed by atoms with van der Waals surface area (Å²) in [5.74, 6) is -1.22. The van der Waals surface area contributed by atoms with Crippen LogP contribution in [0.5, 0.6) is 0 Å². The molecule has 0 fully saturated rings. The molecule has 0 aliphatic carbocycles. The van der Waals surface area contributed by atoms with E-state index in [1.807, 2.05) is 24.3 Å². The van der Waals surface area contributed by atoms with Crippen molar-refractivity contribution in [2.75, 3.05) is 0 Å². The van der Waals surface area contributed by atoms with Crippen molar-refractivity contribution >= 4 is 17.7 Å². The Morgan fingerprint density at radius 2 is 1.81 bits per heavy atom. The van der Waals surface area contributed by atoms with E-state index in [2.05, 4.69) is 22.9 Å². The van der Waals surface area contributed by atoms with Crippen molar-refractivity contribution in [3.63, 3.8) is 0 Å². The van der Waals surface area contributed by atoms with Crippen molar-refractivity contribution in [2.24, 2.45) is 0 Å². The van der Waals surface area contributed by atoms with Gasteiger partial charge in [0.25, 0.3) is 0 Å². The van der Waals surface area contributed by atoms with Crippen LogP contribution in [0.15, 0.2) is 79.1 Å². The molecule has 0 aliphatic rings. The first-order valence-electron chi connectivity index (χ1n) is 8.27. The fourth-order valence-electron chi connectivity index (χ4n) is 2.55. The lowest BCUT2D eigenvalue weighted by atomic mass is 10.0. The molecular weight excluding hydrogens is 366 g/mol. The number of hydrogen-bond acceptors (Lipinski definition) is 2. The van der Waals surface area contributed by atoms with Gasteiger partial charge in [-0.2, -0.15) is 0 Å². The molecule has 3 aromatic rings. The van der Waals surface area contributed by atoms with Gasteiger partial charge in [0.1, 0.15) is 16.8 Å². The standard InChI is InChI=1S/C22H17ClF2N2/c1-15(5-6-16-10-20(24)12-21(25)11-16)26-13-17-3-2-4-18(9-17)19-7-8-22(23)27-14-19/h2-12,14,26H,1,13H2/b6-5+. The average Bonchev–Trinajstić information content (AvgIpc) is 2.65. The van der Waals surface area contributed by atoms with Gasteiger partial charge in [0.05, 0.1) is 0 Å². The summed E-state index contributed by atoms with van der Waals surface area (Å²) in [7, 11) is 0. The summed E-state index contributed by atoms with van der Waals surface area (Å²) in [4.78, 5) is 4.10. The molecule has 0 aliphatic heterocycles. The average molecular weight is 383 g/mol. The van der Waals surface area contributed by atoms with Crippen LogP contribution in [0.2, 0.25) is 5.15 Å². The molecule has 0 unspecified atom stereocenters. The van der Waals surface area contributed by atoms with Crippen LogP contribution in [-0.4, -0.2) is 4.98 Å². The summed E-state index contributed by atoms with van der Waals surface area (Å²) in [6.07, 6.45) is 5.02. The van der Waals surface area contributed by atoms with Gasteiger partial charge in [0, 0.05) is 30.1 Å². The van der Waals surface area contributed by atoms with E-state index in [0.717, 1.165) is 22.8 Å². The van der Waals surface area contributed by atoms with Crippen molar-refractivity contribution in [1.82, 2.24) is 10.3 Å². The minimum absolute atomic E-state index is 0.438. The molecule has 0 spiro atoms. The lowest BCUT2D eigenvalue weighted by Crippen LogP contribution is -2.10. The molecule has 5 heteroatoms. The van der Waals surface area contributed by atoms with Gasteiger partial charge in [-0.3, -0.25) is 0 Å². The maximum atomic E-state index is 13.2. The van der Waals surface area contributed by atoms with Crippen molar-refractivity contribution in [3.8, 4) is 11.1 Å². The molecule has 0 bridgehead atoms. The maximum absolute atomic E-state index is 13.2. The molecule has 1 aromatic heterocycles. The Kier molecular flexibility index (Phi) is 5.99. The van der Waals surface area contributed by atoms with E-state index >= 15 is 0 Å². The summed E-state index contributed by atoms with van der Waals surface area (Å²) in [5, 5.41) is 3.64. The molecular formula is C22H17ClF2N2. The van der Waals surface area contributed by atoms with Crippen molar-refractivity contribution in [1.29, 1.82) is 0 Å². The van der Waals surface area contributed by atoms with E-state index in [-0.39, 0.29) is 0 Å². The van der Waals surface area contributed by atoms with Crippen molar-refractivity contribution < 1.29 is 8.78 Å². The van der Waals surface area contributed by atoms with E-state index in [1.165, 1.54) is 12.1 Å². The van der Waals surface area contributed by atoms with Crippen LogP contribution in [0.3, 0.4) is 0 Å². The van der Waals surface area contributed by atoms with Gasteiger partial charge in [-0.1, -0.05) is 42.5 Å². The van der Waals surface area contributed by atoms with E-state index in [1.54, 1.807) is 24.4 Å². The monoisotopic (exact) mass is 382 g/mol. The Bertz CT molecular complexity index is 962. The molecule has 0 saturated heterocycles. The zero-order valence-electron chi connectivity index (χ0n) is 14.4. The molecule has 1 N–H and O–H groups in total. The predicted octanol–water partition coefficient (Wildman–Crippen LogP) is 6.00. The number of aromatic nitrogens is 1. The molecule has 0 amide bonds. The van der Waals surface area contributed by atoms with Gasteiger partial charge < -0.3 is 5.32 Å². The minimum Gasteiger partial charge on any atom is -0.381 e. The zero-order valence-corrected chi connectivity index (χ0v) is 15.2. The largest absolute Gasteiger partial charge is 0.381 e. The molecule has 3 rings (SSSR count). The van der Waals surface area contributed by atoms with Crippen LogP contribution in [0.25, 0.3) is 17.2 Å². The first kappa shape index (κ1) is 18.8. The molecule has 2 nitrogen and oxygen atoms in total. The Morgan fingerprint density at radius 1 is 1.04 bits per heavy atom. The van der Waals surface area contributed by atoms with Crippen LogP contribution in [0.1, 0.15) is 11.1 Å². The number of rotatable bonds is 6. The maximum Gasteiger partial charge on any atom is 0.129 e. The second-order valence-corrected chi connectivity index (χ2v) is 6.37. The summed E-state index contributed by atoms with van der Waals surface area (Å²) in [6, 6.07) is 15.1. The fraction of sp³-hybridized carbons (Fsp3) is 0.0455. The van der Waals surface area contributed by atoms with E-state index < -0.39 is 11.6 Å². The van der Waals surface area contributed by atoms with Crippen LogP contribution in [0.4, 0.5) is 8.78 Å². The lowest BCUT2D eigenvalue weighted by molar-refractivity contribution is 0.583. The SMILES string of the molecule is C=C(/C=C/c1cc(F)cc(F)c1)NCc1cccc(-c2ccc(Cl)nc2)c1. The lowest BCUT2D eigenvalue weighted by Gasteiger charge is -2.08. The van der Waals surface area contributed by atoms with Gasteiger partial charge >= 0.3 is 0 Å². The van der Waals surface area contributed by atoms with Gasteiger partial charge in [-0.25, -0.2) is 13.8 Å². The summed E-state index contributed by atoms with van der Waals surface area (Å²) in [6.45, 7) is 4.47. The first-order valence-corrected chi connectivity index (χ1v) is 8.65. The Labute approximate surface area is 161 Å². The second kappa shape index (κ2) is 8.60. The van der Waals surface area contributed by atoms with E-state index in [0.29, 0.717) is 23.0 Å². The van der Waals surface area contributed by atoms with Gasteiger partial charge in [-0.05, 0) is 53.1 Å². The van der Waals surface area contributed by atoms with Gasteiger partial charge in [0.15, 0.2) is 0 Å². The molecule has 0 radical (unpaired) electrons. The van der Waals surface area contributed by atoms with E-state index in [4.69, 9.17) is 11.6 Å². The third kappa shape index (κ3) is 5.50. The second-order valence-electron chi connectivity index (χ2n) is 5.98. The highest BCUT2D eigenvalue weighted by Crippen LogP contribution is 2.21. The molecule has 136 valence electrons. The molecule has 27 heavy (non-hydrogen) atoms. The number of benzene rings is 2. The van der Waals surface area contributed by atoms with Crippen LogP contribution in [-0.2, 0) is 6.54 Å². The van der Waals surface area contributed by atoms with E-state index in [9.17, 15) is 8.78 Å². The summed E-state index contributed by atoms with van der Waals surface area (Å²) < 4.78 is 26.4. The summed E-state index contributed by atoms with van der Waals surface area (Å²) in [5.41, 5.74) is 4.16. The quantitative estimate of drug-likeness (QED) is 0.418. The van der Waals surface area contributed by atoms with Crippen LogP contribution in [0, 0.1) is 11.6 Å². The Morgan fingerprint density at radius 3 is 2.52 bits per heavy atom. The number of allylic oxidation sites excluding steroid dienone is 1. The third-order valence-corrected chi connectivity index (χ3v) is 4.09. The predicted molar refractivity (Wildman–Crippen MR) is 106 cm³/mol. The molecule has 0 atom stereocenters. The highest BCUT2D eigenvalue weighted by molar-refractivity contribution is 6.29.